The summed E-state index contributed by atoms with van der Waals surface area (Å²) in [4.78, 5) is 19.5. The summed E-state index contributed by atoms with van der Waals surface area (Å²) in [7, 11) is 0. The highest BCUT2D eigenvalue weighted by Crippen LogP contribution is 2.31. The first kappa shape index (κ1) is 16.0. The molecule has 23 heavy (non-hydrogen) atoms. The molecule has 1 aromatic carbocycles. The Morgan fingerprint density at radius 1 is 1.48 bits per heavy atom. The SMILES string of the molecule is Cc1ccccc1-c1cnc(NC(=O)N2CCCC(CO)C2)s1. The lowest BCUT2D eigenvalue weighted by molar-refractivity contribution is 0.136. The molecule has 1 unspecified atom stereocenters. The molecule has 5 nitrogen and oxygen atoms in total. The number of aliphatic hydroxyl groups excluding tert-OH is 1. The lowest BCUT2D eigenvalue weighted by Crippen LogP contribution is -2.43. The molecule has 1 aliphatic heterocycles. The number of hydrogen-bond acceptors (Lipinski definition) is 4. The van der Waals surface area contributed by atoms with Crippen LogP contribution in [0, 0.1) is 12.8 Å². The van der Waals surface area contributed by atoms with E-state index in [4.69, 9.17) is 0 Å². The summed E-state index contributed by atoms with van der Waals surface area (Å²) in [6.45, 7) is 3.55. The zero-order chi connectivity index (χ0) is 16.2. The molecule has 3 rings (SSSR count). The van der Waals surface area contributed by atoms with Crippen molar-refractivity contribution in [2.45, 2.75) is 19.8 Å². The Balaban J connectivity index is 1.67. The van der Waals surface area contributed by atoms with Gasteiger partial charge >= 0.3 is 6.03 Å². The van der Waals surface area contributed by atoms with Gasteiger partial charge in [-0.25, -0.2) is 9.78 Å². The molecule has 2 amide bonds. The number of rotatable bonds is 3. The number of aromatic nitrogens is 1. The average molecular weight is 331 g/mol. The van der Waals surface area contributed by atoms with Crippen LogP contribution < -0.4 is 5.32 Å². The third kappa shape index (κ3) is 3.71. The van der Waals surface area contributed by atoms with Crippen molar-refractivity contribution in [1.29, 1.82) is 0 Å². The van der Waals surface area contributed by atoms with Crippen LogP contribution in [0.1, 0.15) is 18.4 Å². The van der Waals surface area contributed by atoms with Crippen LogP contribution in [-0.4, -0.2) is 40.7 Å². The predicted molar refractivity (Wildman–Crippen MR) is 92.7 cm³/mol. The Hall–Kier alpha value is -1.92. The molecule has 1 fully saturated rings. The van der Waals surface area contributed by atoms with Gasteiger partial charge in [0.2, 0.25) is 0 Å². The van der Waals surface area contributed by atoms with Gasteiger partial charge in [-0.2, -0.15) is 0 Å². The molecule has 1 aromatic heterocycles. The van der Waals surface area contributed by atoms with Gasteiger partial charge in [-0.15, -0.1) is 0 Å². The first-order valence-corrected chi connectivity index (χ1v) is 8.67. The Morgan fingerprint density at radius 3 is 3.09 bits per heavy atom. The van der Waals surface area contributed by atoms with Crippen molar-refractivity contribution < 1.29 is 9.90 Å². The molecule has 0 bridgehead atoms. The number of amides is 2. The summed E-state index contributed by atoms with van der Waals surface area (Å²) in [5, 5.41) is 12.8. The van der Waals surface area contributed by atoms with Crippen LogP contribution in [-0.2, 0) is 0 Å². The van der Waals surface area contributed by atoms with Gasteiger partial charge in [0.15, 0.2) is 5.13 Å². The summed E-state index contributed by atoms with van der Waals surface area (Å²) < 4.78 is 0. The van der Waals surface area contributed by atoms with Gasteiger partial charge in [0, 0.05) is 25.9 Å². The van der Waals surface area contributed by atoms with E-state index in [1.54, 1.807) is 11.1 Å². The van der Waals surface area contributed by atoms with Crippen LogP contribution in [0.5, 0.6) is 0 Å². The van der Waals surface area contributed by atoms with Crippen molar-refractivity contribution in [2.24, 2.45) is 5.92 Å². The maximum Gasteiger partial charge on any atom is 0.323 e. The van der Waals surface area contributed by atoms with E-state index in [9.17, 15) is 9.90 Å². The van der Waals surface area contributed by atoms with Gasteiger partial charge in [0.05, 0.1) is 4.88 Å². The van der Waals surface area contributed by atoms with Crippen LogP contribution in [0.3, 0.4) is 0 Å². The van der Waals surface area contributed by atoms with Gasteiger partial charge in [-0.1, -0.05) is 35.6 Å². The molecule has 0 saturated carbocycles. The molecular weight excluding hydrogens is 310 g/mol. The Bertz CT molecular complexity index is 686. The number of aryl methyl sites for hydroxylation is 1. The van der Waals surface area contributed by atoms with Crippen molar-refractivity contribution in [3.8, 4) is 10.4 Å². The summed E-state index contributed by atoms with van der Waals surface area (Å²) in [5.74, 6) is 0.188. The van der Waals surface area contributed by atoms with Crippen molar-refractivity contribution in [3.63, 3.8) is 0 Å². The van der Waals surface area contributed by atoms with Crippen molar-refractivity contribution >= 4 is 22.5 Å². The van der Waals surface area contributed by atoms with E-state index in [1.165, 1.54) is 16.9 Å². The normalized spacial score (nSPS) is 18.0. The standard InChI is InChI=1S/C17H21N3O2S/c1-12-5-2-3-7-14(12)15-9-18-16(23-15)19-17(22)20-8-4-6-13(10-20)11-21/h2-3,5,7,9,13,21H,4,6,8,10-11H2,1H3,(H,18,19,22). The number of carbonyl (C=O) groups is 1. The molecule has 0 radical (unpaired) electrons. The van der Waals surface area contributed by atoms with E-state index in [-0.39, 0.29) is 18.6 Å². The topological polar surface area (TPSA) is 65.5 Å². The smallest absolute Gasteiger partial charge is 0.323 e. The summed E-state index contributed by atoms with van der Waals surface area (Å²) in [6, 6.07) is 8.01. The van der Waals surface area contributed by atoms with E-state index in [2.05, 4.69) is 29.4 Å². The number of nitrogens with one attached hydrogen (secondary N) is 1. The molecule has 1 saturated heterocycles. The van der Waals surface area contributed by atoms with Crippen LogP contribution in [0.4, 0.5) is 9.93 Å². The average Bonchev–Trinajstić information content (AvgIpc) is 3.03. The minimum atomic E-state index is -0.131. The molecule has 2 N–H and O–H groups in total. The maximum atomic E-state index is 12.3. The highest BCUT2D eigenvalue weighted by Gasteiger charge is 2.23. The van der Waals surface area contributed by atoms with Crippen LogP contribution in [0.15, 0.2) is 30.5 Å². The Labute approximate surface area is 140 Å². The van der Waals surface area contributed by atoms with Crippen LogP contribution in [0.2, 0.25) is 0 Å². The fraction of sp³-hybridized carbons (Fsp3) is 0.412. The number of thiazole rings is 1. The van der Waals surface area contributed by atoms with E-state index in [0.717, 1.165) is 29.8 Å². The molecule has 1 aliphatic rings. The molecule has 0 aliphatic carbocycles. The molecule has 6 heteroatoms. The van der Waals surface area contributed by atoms with E-state index >= 15 is 0 Å². The van der Waals surface area contributed by atoms with Crippen molar-refractivity contribution in [3.05, 3.63) is 36.0 Å². The number of anilines is 1. The monoisotopic (exact) mass is 331 g/mol. The van der Waals surface area contributed by atoms with E-state index in [0.29, 0.717) is 11.7 Å². The van der Waals surface area contributed by atoms with Gasteiger partial charge in [0.25, 0.3) is 0 Å². The van der Waals surface area contributed by atoms with Gasteiger partial charge in [0.1, 0.15) is 0 Å². The van der Waals surface area contributed by atoms with Gasteiger partial charge in [-0.05, 0) is 36.8 Å². The molecule has 2 aromatic rings. The van der Waals surface area contributed by atoms with Gasteiger partial charge < -0.3 is 10.0 Å². The number of urea groups is 1. The quantitative estimate of drug-likeness (QED) is 0.906. The highest BCUT2D eigenvalue weighted by atomic mass is 32.1. The lowest BCUT2D eigenvalue weighted by Gasteiger charge is -2.31. The zero-order valence-electron chi connectivity index (χ0n) is 13.2. The van der Waals surface area contributed by atoms with Crippen LogP contribution >= 0.6 is 11.3 Å². The second-order valence-electron chi connectivity index (χ2n) is 5.91. The molecule has 1 atom stereocenters. The highest BCUT2D eigenvalue weighted by molar-refractivity contribution is 7.19. The predicted octanol–water partition coefficient (Wildman–Crippen LogP) is 3.35. The summed E-state index contributed by atoms with van der Waals surface area (Å²) in [6.07, 6.45) is 3.72. The van der Waals surface area contributed by atoms with E-state index < -0.39 is 0 Å². The van der Waals surface area contributed by atoms with Gasteiger partial charge in [-0.3, -0.25) is 5.32 Å². The molecular formula is C17H21N3O2S. The third-order valence-corrected chi connectivity index (χ3v) is 5.14. The number of likely N-dealkylation sites (tertiary alicyclic amines) is 1. The molecule has 0 spiro atoms. The molecule has 2 heterocycles. The second-order valence-corrected chi connectivity index (χ2v) is 6.94. The number of hydrogen-bond donors (Lipinski definition) is 2. The summed E-state index contributed by atoms with van der Waals surface area (Å²) >= 11 is 1.48. The minimum absolute atomic E-state index is 0.131. The number of benzene rings is 1. The van der Waals surface area contributed by atoms with E-state index in [1.807, 2.05) is 12.1 Å². The fourth-order valence-electron chi connectivity index (χ4n) is 2.87. The fourth-order valence-corrected chi connectivity index (χ4v) is 3.77. The number of aliphatic hydroxyl groups is 1. The largest absolute Gasteiger partial charge is 0.396 e. The Morgan fingerprint density at radius 2 is 2.30 bits per heavy atom. The Kier molecular flexibility index (Phi) is 4.93. The lowest BCUT2D eigenvalue weighted by atomic mass is 9.99. The second kappa shape index (κ2) is 7.10. The zero-order valence-corrected chi connectivity index (χ0v) is 14.0. The number of nitrogens with zero attached hydrogens (tertiary/aromatic N) is 2. The van der Waals surface area contributed by atoms with Crippen LogP contribution in [0.25, 0.3) is 10.4 Å². The summed E-state index contributed by atoms with van der Waals surface area (Å²) in [5.41, 5.74) is 2.33. The maximum absolute atomic E-state index is 12.3. The third-order valence-electron chi connectivity index (χ3n) is 4.19. The number of carbonyl (C=O) groups excluding carboxylic acids is 1. The first-order valence-electron chi connectivity index (χ1n) is 7.86. The molecule has 122 valence electrons. The van der Waals surface area contributed by atoms with Crippen molar-refractivity contribution in [2.75, 3.05) is 25.0 Å². The first-order chi connectivity index (χ1) is 11.2. The number of piperidine rings is 1. The van der Waals surface area contributed by atoms with Crippen molar-refractivity contribution in [1.82, 2.24) is 9.88 Å². The minimum Gasteiger partial charge on any atom is -0.396 e.